The van der Waals surface area contributed by atoms with Gasteiger partial charge in [0.2, 0.25) is 5.91 Å². The van der Waals surface area contributed by atoms with E-state index >= 15 is 0 Å². The summed E-state index contributed by atoms with van der Waals surface area (Å²) in [6.07, 6.45) is 0.589. The van der Waals surface area contributed by atoms with Crippen molar-refractivity contribution in [2.75, 3.05) is 27.4 Å². The normalized spacial score (nSPS) is 27.7. The SMILES string of the molecule is COC[C@]1(C)C[C@H](C(=O)OC)CN1C(=O)C(C)C. The van der Waals surface area contributed by atoms with Gasteiger partial charge in [0.1, 0.15) is 0 Å². The summed E-state index contributed by atoms with van der Waals surface area (Å²) in [5.41, 5.74) is -0.422. The van der Waals surface area contributed by atoms with Crippen LogP contribution in [0.2, 0.25) is 0 Å². The monoisotopic (exact) mass is 257 g/mol. The molecule has 0 spiro atoms. The third-order valence-corrected chi connectivity index (χ3v) is 3.49. The lowest BCUT2D eigenvalue weighted by molar-refractivity contribution is -0.145. The molecule has 0 aliphatic carbocycles. The maximum atomic E-state index is 12.2. The molecule has 0 bridgehead atoms. The average molecular weight is 257 g/mol. The zero-order valence-corrected chi connectivity index (χ0v) is 11.9. The molecule has 1 fully saturated rings. The van der Waals surface area contributed by atoms with Crippen LogP contribution in [0.3, 0.4) is 0 Å². The van der Waals surface area contributed by atoms with Gasteiger partial charge in [-0.25, -0.2) is 0 Å². The fourth-order valence-electron chi connectivity index (χ4n) is 2.59. The van der Waals surface area contributed by atoms with E-state index in [1.165, 1.54) is 7.11 Å². The highest BCUT2D eigenvalue weighted by molar-refractivity contribution is 5.81. The molecule has 0 unspecified atom stereocenters. The molecule has 2 atom stereocenters. The summed E-state index contributed by atoms with van der Waals surface area (Å²) in [7, 11) is 2.98. The van der Waals surface area contributed by atoms with Crippen LogP contribution in [0.25, 0.3) is 0 Å². The number of likely N-dealkylation sites (tertiary alicyclic amines) is 1. The fourth-order valence-corrected chi connectivity index (χ4v) is 2.59. The van der Waals surface area contributed by atoms with Gasteiger partial charge in [0.25, 0.3) is 0 Å². The van der Waals surface area contributed by atoms with Crippen LogP contribution < -0.4 is 0 Å². The highest BCUT2D eigenvalue weighted by atomic mass is 16.5. The summed E-state index contributed by atoms with van der Waals surface area (Å²) in [4.78, 5) is 25.6. The largest absolute Gasteiger partial charge is 0.469 e. The van der Waals surface area contributed by atoms with Crippen molar-refractivity contribution in [2.45, 2.75) is 32.7 Å². The van der Waals surface area contributed by atoms with Crippen molar-refractivity contribution in [3.8, 4) is 0 Å². The predicted octanol–water partition coefficient (Wildman–Crippen LogP) is 1.07. The molecular weight excluding hydrogens is 234 g/mol. The Balaban J connectivity index is 2.91. The Labute approximate surface area is 108 Å². The molecule has 5 heteroatoms. The first-order valence-electron chi connectivity index (χ1n) is 6.24. The molecule has 18 heavy (non-hydrogen) atoms. The molecule has 0 N–H and O–H groups in total. The summed E-state index contributed by atoms with van der Waals surface area (Å²) in [6, 6.07) is 0. The number of esters is 1. The third-order valence-electron chi connectivity index (χ3n) is 3.49. The lowest BCUT2D eigenvalue weighted by atomic mass is 9.94. The first-order valence-corrected chi connectivity index (χ1v) is 6.24. The quantitative estimate of drug-likeness (QED) is 0.707. The smallest absolute Gasteiger partial charge is 0.310 e. The van der Waals surface area contributed by atoms with Gasteiger partial charge >= 0.3 is 5.97 Å². The number of hydrogen-bond donors (Lipinski definition) is 0. The Hall–Kier alpha value is -1.10. The Bertz CT molecular complexity index is 329. The van der Waals surface area contributed by atoms with Crippen molar-refractivity contribution in [3.63, 3.8) is 0 Å². The number of amides is 1. The van der Waals surface area contributed by atoms with Crippen LogP contribution in [0, 0.1) is 11.8 Å². The van der Waals surface area contributed by atoms with Gasteiger partial charge in [0.05, 0.1) is 25.2 Å². The Morgan fingerprint density at radius 1 is 1.39 bits per heavy atom. The highest BCUT2D eigenvalue weighted by Crippen LogP contribution is 2.35. The Morgan fingerprint density at radius 3 is 2.44 bits per heavy atom. The molecule has 0 aromatic rings. The molecule has 5 nitrogen and oxygen atoms in total. The van der Waals surface area contributed by atoms with Gasteiger partial charge in [0, 0.05) is 19.6 Å². The van der Waals surface area contributed by atoms with Crippen molar-refractivity contribution >= 4 is 11.9 Å². The second-order valence-electron chi connectivity index (χ2n) is 5.46. The Kier molecular flexibility index (Phi) is 4.73. The van der Waals surface area contributed by atoms with Gasteiger partial charge < -0.3 is 14.4 Å². The van der Waals surface area contributed by atoms with Crippen LogP contribution in [-0.2, 0) is 19.1 Å². The standard InChI is InChI=1S/C13H23NO4/c1-9(2)11(15)14-7-10(12(16)18-5)6-13(14,3)8-17-4/h9-10H,6-8H2,1-5H3/t10-,13-/m0/s1. The molecule has 1 heterocycles. The molecular formula is C13H23NO4. The van der Waals surface area contributed by atoms with Crippen molar-refractivity contribution in [1.82, 2.24) is 4.90 Å². The molecule has 0 aromatic carbocycles. The van der Waals surface area contributed by atoms with Crippen molar-refractivity contribution in [2.24, 2.45) is 11.8 Å². The zero-order valence-electron chi connectivity index (χ0n) is 11.9. The summed E-state index contributed by atoms with van der Waals surface area (Å²) < 4.78 is 9.98. The Morgan fingerprint density at radius 2 is 2.00 bits per heavy atom. The maximum Gasteiger partial charge on any atom is 0.310 e. The minimum atomic E-state index is -0.422. The lowest BCUT2D eigenvalue weighted by Gasteiger charge is -2.35. The molecule has 0 saturated carbocycles. The summed E-state index contributed by atoms with van der Waals surface area (Å²) in [5, 5.41) is 0. The minimum absolute atomic E-state index is 0.0564. The third kappa shape index (κ3) is 2.83. The second-order valence-corrected chi connectivity index (χ2v) is 5.46. The van der Waals surface area contributed by atoms with Crippen molar-refractivity contribution in [1.29, 1.82) is 0 Å². The molecule has 0 aromatic heterocycles. The molecule has 1 rings (SSSR count). The van der Waals surface area contributed by atoms with Gasteiger partial charge in [0.15, 0.2) is 0 Å². The molecule has 1 saturated heterocycles. The number of carbonyl (C=O) groups excluding carboxylic acids is 2. The van der Waals surface area contributed by atoms with Crippen LogP contribution in [0.1, 0.15) is 27.2 Å². The van der Waals surface area contributed by atoms with Crippen LogP contribution in [0.15, 0.2) is 0 Å². The van der Waals surface area contributed by atoms with Gasteiger partial charge in [-0.05, 0) is 13.3 Å². The summed E-state index contributed by atoms with van der Waals surface area (Å²) in [6.45, 7) is 6.53. The fraction of sp³-hybridized carbons (Fsp3) is 0.846. The van der Waals surface area contributed by atoms with Gasteiger partial charge in [-0.15, -0.1) is 0 Å². The van der Waals surface area contributed by atoms with E-state index < -0.39 is 5.54 Å². The number of nitrogens with zero attached hydrogens (tertiary/aromatic N) is 1. The van der Waals surface area contributed by atoms with Crippen LogP contribution in [0.5, 0.6) is 0 Å². The van der Waals surface area contributed by atoms with E-state index in [4.69, 9.17) is 9.47 Å². The summed E-state index contributed by atoms with van der Waals surface area (Å²) >= 11 is 0. The average Bonchev–Trinajstić information content (AvgIpc) is 2.65. The molecule has 1 amide bonds. The van der Waals surface area contributed by atoms with Crippen molar-refractivity contribution in [3.05, 3.63) is 0 Å². The van der Waals surface area contributed by atoms with Gasteiger partial charge in [-0.2, -0.15) is 0 Å². The first-order chi connectivity index (χ1) is 8.35. The highest BCUT2D eigenvalue weighted by Gasteiger charge is 2.47. The molecule has 104 valence electrons. The van der Waals surface area contributed by atoms with E-state index in [1.54, 1.807) is 12.0 Å². The van der Waals surface area contributed by atoms with Crippen molar-refractivity contribution < 1.29 is 19.1 Å². The second kappa shape index (κ2) is 5.69. The zero-order chi connectivity index (χ0) is 13.9. The van der Waals surface area contributed by atoms with E-state index in [0.717, 1.165) is 0 Å². The maximum absolute atomic E-state index is 12.2. The number of ether oxygens (including phenoxy) is 2. The first kappa shape index (κ1) is 15.0. The number of methoxy groups -OCH3 is 2. The number of hydrogen-bond acceptors (Lipinski definition) is 4. The summed E-state index contributed by atoms with van der Waals surface area (Å²) in [5.74, 6) is -0.534. The van der Waals surface area contributed by atoms with Crippen LogP contribution >= 0.6 is 0 Å². The topological polar surface area (TPSA) is 55.8 Å². The van der Waals surface area contributed by atoms with Crippen LogP contribution in [0.4, 0.5) is 0 Å². The number of carbonyl (C=O) groups is 2. The van der Waals surface area contributed by atoms with E-state index in [1.807, 2.05) is 20.8 Å². The molecule has 1 aliphatic heterocycles. The van der Waals surface area contributed by atoms with E-state index in [0.29, 0.717) is 19.6 Å². The van der Waals surface area contributed by atoms with E-state index in [2.05, 4.69) is 0 Å². The molecule has 1 aliphatic rings. The van der Waals surface area contributed by atoms with E-state index in [9.17, 15) is 9.59 Å². The van der Waals surface area contributed by atoms with Crippen LogP contribution in [-0.4, -0.2) is 49.7 Å². The minimum Gasteiger partial charge on any atom is -0.469 e. The van der Waals surface area contributed by atoms with E-state index in [-0.39, 0.29) is 23.7 Å². The predicted molar refractivity (Wildman–Crippen MR) is 67.0 cm³/mol. The lowest BCUT2D eigenvalue weighted by Crippen LogP contribution is -2.49. The number of rotatable bonds is 4. The van der Waals surface area contributed by atoms with Gasteiger partial charge in [-0.3, -0.25) is 9.59 Å². The molecule has 0 radical (unpaired) electrons. The van der Waals surface area contributed by atoms with Gasteiger partial charge in [-0.1, -0.05) is 13.8 Å².